The van der Waals surface area contributed by atoms with E-state index in [1.165, 1.54) is 63.5 Å². The minimum absolute atomic E-state index is 0.205. The predicted molar refractivity (Wildman–Crippen MR) is 143 cm³/mol. The Labute approximate surface area is 200 Å². The minimum Gasteiger partial charge on any atom is -0.172 e. The lowest BCUT2D eigenvalue weighted by molar-refractivity contribution is 0.0293. The van der Waals surface area contributed by atoms with Crippen LogP contribution in [0.5, 0.6) is 0 Å². The molecule has 0 N–H and O–H groups in total. The van der Waals surface area contributed by atoms with Crippen molar-refractivity contribution in [3.05, 3.63) is 0 Å². The summed E-state index contributed by atoms with van der Waals surface area (Å²) in [4.78, 5) is 0. The van der Waals surface area contributed by atoms with Gasteiger partial charge in [-0.05, 0) is 86.2 Å². The van der Waals surface area contributed by atoms with Gasteiger partial charge in [-0.3, -0.25) is 0 Å². The van der Waals surface area contributed by atoms with Gasteiger partial charge < -0.3 is 0 Å². The standard InChI is InChI=1S/C22H39BS5/c1-13-4-2-5-14-8-9-15-16-10-11-17(19(23)6-3-7-20(24)25)22(16,27)28-12-18(15)21(13,14)26/h13-20,24-27H,2-12,23H2,1H3. The van der Waals surface area contributed by atoms with E-state index in [0.29, 0.717) is 4.75 Å². The molecule has 1 aliphatic heterocycles. The van der Waals surface area contributed by atoms with Crippen LogP contribution in [-0.4, -0.2) is 27.0 Å². The van der Waals surface area contributed by atoms with Crippen LogP contribution < -0.4 is 0 Å². The van der Waals surface area contributed by atoms with E-state index in [1.54, 1.807) is 0 Å². The number of rotatable bonds is 5. The van der Waals surface area contributed by atoms with Crippen molar-refractivity contribution in [2.75, 3.05) is 5.75 Å². The summed E-state index contributed by atoms with van der Waals surface area (Å²) in [6.07, 6.45) is 13.6. The Morgan fingerprint density at radius 2 is 1.79 bits per heavy atom. The molecule has 0 amide bonds. The maximum atomic E-state index is 5.53. The number of hydrogen-bond donors (Lipinski definition) is 4. The first-order chi connectivity index (χ1) is 13.3. The van der Waals surface area contributed by atoms with Crippen LogP contribution >= 0.6 is 62.3 Å². The normalized spacial score (nSPS) is 49.4. The van der Waals surface area contributed by atoms with E-state index in [-0.39, 0.29) is 8.66 Å². The molecule has 6 heteroatoms. The number of fused-ring (bicyclic) bond motifs is 5. The van der Waals surface area contributed by atoms with Crippen molar-refractivity contribution in [2.24, 2.45) is 35.5 Å². The molecule has 4 fully saturated rings. The lowest BCUT2D eigenvalue weighted by Crippen LogP contribution is -2.59. The third-order valence-corrected chi connectivity index (χ3v) is 13.6. The highest BCUT2D eigenvalue weighted by Crippen LogP contribution is 2.68. The van der Waals surface area contributed by atoms with Gasteiger partial charge in [0, 0.05) is 9.33 Å². The summed E-state index contributed by atoms with van der Waals surface area (Å²) in [6.45, 7) is 2.50. The van der Waals surface area contributed by atoms with Gasteiger partial charge in [-0.25, -0.2) is 0 Å². The highest BCUT2D eigenvalue weighted by atomic mass is 32.2. The maximum Gasteiger partial charge on any atom is 0.105 e. The van der Waals surface area contributed by atoms with Crippen LogP contribution in [0.4, 0.5) is 0 Å². The van der Waals surface area contributed by atoms with E-state index in [9.17, 15) is 0 Å². The van der Waals surface area contributed by atoms with Crippen LogP contribution in [0, 0.1) is 35.5 Å². The summed E-state index contributed by atoms with van der Waals surface area (Å²) < 4.78 is 0.732. The van der Waals surface area contributed by atoms with Crippen molar-refractivity contribution in [3.63, 3.8) is 0 Å². The average Bonchev–Trinajstić information content (AvgIpc) is 3.00. The van der Waals surface area contributed by atoms with Crippen molar-refractivity contribution in [2.45, 2.75) is 90.4 Å². The lowest BCUT2D eigenvalue weighted by Gasteiger charge is -2.61. The molecule has 0 aromatic rings. The molecule has 3 aliphatic carbocycles. The zero-order valence-electron chi connectivity index (χ0n) is 17.6. The number of thiol groups is 4. The minimum atomic E-state index is 0.205. The van der Waals surface area contributed by atoms with Gasteiger partial charge in [0.2, 0.25) is 0 Å². The first-order valence-corrected chi connectivity index (χ1v) is 14.6. The molecule has 0 radical (unpaired) electrons. The highest BCUT2D eigenvalue weighted by Gasteiger charge is 2.62. The predicted octanol–water partition coefficient (Wildman–Crippen LogP) is 6.29. The molecule has 1 saturated heterocycles. The molecular formula is C22H39BS5. The molecular weight excluding hydrogens is 435 g/mol. The summed E-state index contributed by atoms with van der Waals surface area (Å²) in [5, 5.41) is 0. The molecule has 9 unspecified atom stereocenters. The fourth-order valence-electron chi connectivity index (χ4n) is 7.78. The summed E-state index contributed by atoms with van der Waals surface area (Å²) in [5.41, 5.74) is 0. The van der Waals surface area contributed by atoms with Crippen LogP contribution in [0.1, 0.15) is 71.1 Å². The smallest absolute Gasteiger partial charge is 0.105 e. The molecule has 0 aromatic carbocycles. The van der Waals surface area contributed by atoms with Crippen molar-refractivity contribution in [1.29, 1.82) is 0 Å². The van der Waals surface area contributed by atoms with E-state index in [1.807, 2.05) is 0 Å². The van der Waals surface area contributed by atoms with E-state index in [0.717, 1.165) is 47.7 Å². The Bertz CT molecular complexity index is 559. The van der Waals surface area contributed by atoms with Crippen molar-refractivity contribution in [3.8, 4) is 0 Å². The molecule has 0 aromatic heterocycles. The van der Waals surface area contributed by atoms with Crippen LogP contribution in [0.15, 0.2) is 0 Å². The molecule has 4 aliphatic rings. The molecule has 28 heavy (non-hydrogen) atoms. The SMILES string of the molecule is BC(CCCC(S)S)C1CCC2C3CCC4CCCC(C)C4(S)C3CSC12S. The van der Waals surface area contributed by atoms with Crippen LogP contribution in [0.3, 0.4) is 0 Å². The monoisotopic (exact) mass is 474 g/mol. The van der Waals surface area contributed by atoms with Gasteiger partial charge in [0.1, 0.15) is 7.85 Å². The van der Waals surface area contributed by atoms with Crippen molar-refractivity contribution < 1.29 is 0 Å². The Balaban J connectivity index is 1.49. The summed E-state index contributed by atoms with van der Waals surface area (Å²) in [7, 11) is 2.49. The van der Waals surface area contributed by atoms with Crippen LogP contribution in [0.2, 0.25) is 5.82 Å². The van der Waals surface area contributed by atoms with Crippen molar-refractivity contribution >= 4 is 70.1 Å². The number of thioether (sulfide) groups is 1. The van der Waals surface area contributed by atoms with Gasteiger partial charge in [-0.2, -0.15) is 50.5 Å². The number of hydrogen-bond acceptors (Lipinski definition) is 5. The second-order valence-electron chi connectivity index (χ2n) is 10.5. The first-order valence-electron chi connectivity index (χ1n) is 11.7. The van der Waals surface area contributed by atoms with Crippen LogP contribution in [-0.2, 0) is 0 Å². The Kier molecular flexibility index (Phi) is 7.38. The van der Waals surface area contributed by atoms with Gasteiger partial charge in [-0.15, -0.1) is 11.8 Å². The third-order valence-electron chi connectivity index (χ3n) is 9.26. The summed E-state index contributed by atoms with van der Waals surface area (Å²) in [6, 6.07) is 0. The maximum absolute atomic E-state index is 5.53. The molecule has 0 nitrogen and oxygen atoms in total. The zero-order valence-corrected chi connectivity index (χ0v) is 22.0. The van der Waals surface area contributed by atoms with Gasteiger partial charge >= 0.3 is 0 Å². The fourth-order valence-corrected chi connectivity index (χ4v) is 11.9. The topological polar surface area (TPSA) is 0 Å². The third kappa shape index (κ3) is 3.88. The van der Waals surface area contributed by atoms with E-state index < -0.39 is 0 Å². The highest BCUT2D eigenvalue weighted by molar-refractivity contribution is 8.11. The Hall–Kier alpha value is 1.81. The van der Waals surface area contributed by atoms with Crippen molar-refractivity contribution in [1.82, 2.24) is 0 Å². The Morgan fingerprint density at radius 3 is 2.54 bits per heavy atom. The second-order valence-corrected chi connectivity index (χ2v) is 15.3. The van der Waals surface area contributed by atoms with Gasteiger partial charge in [0.05, 0.1) is 4.08 Å². The molecule has 3 saturated carbocycles. The average molecular weight is 475 g/mol. The largest absolute Gasteiger partial charge is 0.172 e. The molecule has 160 valence electrons. The molecule has 9 atom stereocenters. The quantitative estimate of drug-likeness (QED) is 0.206. The van der Waals surface area contributed by atoms with Gasteiger partial charge in [-0.1, -0.05) is 32.0 Å². The lowest BCUT2D eigenvalue weighted by atomic mass is 9.55. The molecule has 1 heterocycles. The summed E-state index contributed by atoms with van der Waals surface area (Å²) in [5.74, 6) is 6.95. The fraction of sp³-hybridized carbons (Fsp3) is 1.00. The second kappa shape index (κ2) is 8.98. The van der Waals surface area contributed by atoms with E-state index >= 15 is 0 Å². The molecule has 0 bridgehead atoms. The molecule has 4 rings (SSSR count). The van der Waals surface area contributed by atoms with Crippen LogP contribution in [0.25, 0.3) is 0 Å². The first kappa shape index (κ1) is 23.0. The summed E-state index contributed by atoms with van der Waals surface area (Å²) >= 11 is 22.1. The Morgan fingerprint density at radius 1 is 1.00 bits per heavy atom. The van der Waals surface area contributed by atoms with Gasteiger partial charge in [0.15, 0.2) is 0 Å². The van der Waals surface area contributed by atoms with E-state index in [2.05, 4.69) is 51.8 Å². The van der Waals surface area contributed by atoms with Gasteiger partial charge in [0.25, 0.3) is 0 Å². The molecule has 0 spiro atoms. The van der Waals surface area contributed by atoms with E-state index in [4.69, 9.17) is 25.3 Å². The zero-order chi connectivity index (χ0) is 20.1.